The number of carbonyl (C=O) groups excluding carboxylic acids is 1. The van der Waals surface area contributed by atoms with Crippen molar-refractivity contribution in [1.82, 2.24) is 5.32 Å². The molecule has 0 saturated carbocycles. The third kappa shape index (κ3) is 3.85. The second-order valence-electron chi connectivity index (χ2n) is 4.23. The van der Waals surface area contributed by atoms with Crippen molar-refractivity contribution >= 4 is 27.5 Å². The van der Waals surface area contributed by atoms with E-state index in [9.17, 15) is 19.3 Å². The number of nitro groups is 1. The standard InChI is InChI=1S/C14H10BrFN2O3/c15-13-5-4-11(18(20)21)7-12(13)14(19)17-8-9-2-1-3-10(16)6-9/h1-7H,8H2,(H,17,19). The van der Waals surface area contributed by atoms with Gasteiger partial charge in [0.15, 0.2) is 0 Å². The average Bonchev–Trinajstić information content (AvgIpc) is 2.45. The normalized spacial score (nSPS) is 10.2. The summed E-state index contributed by atoms with van der Waals surface area (Å²) in [6, 6.07) is 9.75. The number of halogens is 2. The Morgan fingerprint density at radius 1 is 1.29 bits per heavy atom. The molecule has 0 saturated heterocycles. The average molecular weight is 353 g/mol. The van der Waals surface area contributed by atoms with E-state index >= 15 is 0 Å². The van der Waals surface area contributed by atoms with Gasteiger partial charge in [0.05, 0.1) is 10.5 Å². The van der Waals surface area contributed by atoms with Gasteiger partial charge in [-0.1, -0.05) is 12.1 Å². The highest BCUT2D eigenvalue weighted by Gasteiger charge is 2.15. The monoisotopic (exact) mass is 352 g/mol. The smallest absolute Gasteiger partial charge is 0.270 e. The number of nitrogens with zero attached hydrogens (tertiary/aromatic N) is 1. The molecule has 21 heavy (non-hydrogen) atoms. The van der Waals surface area contributed by atoms with Gasteiger partial charge >= 0.3 is 0 Å². The quantitative estimate of drug-likeness (QED) is 0.676. The molecule has 0 fully saturated rings. The lowest BCUT2D eigenvalue weighted by atomic mass is 10.1. The van der Waals surface area contributed by atoms with E-state index in [-0.39, 0.29) is 17.8 Å². The minimum atomic E-state index is -0.574. The Bertz CT molecular complexity index is 706. The van der Waals surface area contributed by atoms with Crippen LogP contribution in [0.2, 0.25) is 0 Å². The van der Waals surface area contributed by atoms with E-state index in [2.05, 4.69) is 21.2 Å². The van der Waals surface area contributed by atoms with Gasteiger partial charge in [-0.15, -0.1) is 0 Å². The molecular weight excluding hydrogens is 343 g/mol. The highest BCUT2D eigenvalue weighted by atomic mass is 79.9. The van der Waals surface area contributed by atoms with Crippen molar-refractivity contribution < 1.29 is 14.1 Å². The predicted molar refractivity (Wildman–Crippen MR) is 78.4 cm³/mol. The fourth-order valence-corrected chi connectivity index (χ4v) is 2.15. The number of non-ortho nitro benzene ring substituents is 1. The predicted octanol–water partition coefficient (Wildman–Crippen LogP) is 3.43. The molecule has 5 nitrogen and oxygen atoms in total. The van der Waals surface area contributed by atoms with Gasteiger partial charge in [-0.05, 0) is 39.7 Å². The number of nitro benzene ring substituents is 1. The van der Waals surface area contributed by atoms with Crippen LogP contribution in [0, 0.1) is 15.9 Å². The topological polar surface area (TPSA) is 72.2 Å². The van der Waals surface area contributed by atoms with Crippen LogP contribution in [0.5, 0.6) is 0 Å². The summed E-state index contributed by atoms with van der Waals surface area (Å²) >= 11 is 3.17. The molecule has 0 radical (unpaired) electrons. The number of nitrogens with one attached hydrogen (secondary N) is 1. The molecule has 108 valence electrons. The fourth-order valence-electron chi connectivity index (χ4n) is 1.73. The highest BCUT2D eigenvalue weighted by Crippen LogP contribution is 2.22. The van der Waals surface area contributed by atoms with Crippen LogP contribution in [0.15, 0.2) is 46.9 Å². The molecule has 7 heteroatoms. The van der Waals surface area contributed by atoms with Gasteiger partial charge in [0.2, 0.25) is 0 Å². The lowest BCUT2D eigenvalue weighted by Crippen LogP contribution is -2.23. The van der Waals surface area contributed by atoms with E-state index in [1.165, 1.54) is 30.3 Å². The number of hydrogen-bond donors (Lipinski definition) is 1. The molecule has 0 spiro atoms. The van der Waals surface area contributed by atoms with Crippen molar-refractivity contribution in [3.05, 3.63) is 74.0 Å². The zero-order chi connectivity index (χ0) is 15.4. The lowest BCUT2D eigenvalue weighted by Gasteiger charge is -2.07. The van der Waals surface area contributed by atoms with Crippen LogP contribution in [0.3, 0.4) is 0 Å². The van der Waals surface area contributed by atoms with E-state index in [1.807, 2.05) is 0 Å². The molecule has 0 atom stereocenters. The van der Waals surface area contributed by atoms with E-state index in [0.29, 0.717) is 10.0 Å². The summed E-state index contributed by atoms with van der Waals surface area (Å²) in [5.74, 6) is -0.867. The highest BCUT2D eigenvalue weighted by molar-refractivity contribution is 9.10. The van der Waals surface area contributed by atoms with Crippen LogP contribution in [0.4, 0.5) is 10.1 Å². The van der Waals surface area contributed by atoms with E-state index in [0.717, 1.165) is 0 Å². The van der Waals surface area contributed by atoms with Gasteiger partial charge < -0.3 is 5.32 Å². The van der Waals surface area contributed by atoms with E-state index < -0.39 is 16.6 Å². The molecular formula is C14H10BrFN2O3. The van der Waals surface area contributed by atoms with Crippen LogP contribution in [-0.2, 0) is 6.54 Å². The molecule has 2 aromatic carbocycles. The van der Waals surface area contributed by atoms with Crippen LogP contribution in [-0.4, -0.2) is 10.8 Å². The summed E-state index contributed by atoms with van der Waals surface area (Å²) in [5, 5.41) is 13.3. The summed E-state index contributed by atoms with van der Waals surface area (Å²) in [7, 11) is 0. The molecule has 2 aromatic rings. The minimum absolute atomic E-state index is 0.131. The molecule has 0 aliphatic carbocycles. The largest absolute Gasteiger partial charge is 0.348 e. The third-order valence-corrected chi connectivity index (χ3v) is 3.44. The first kappa shape index (κ1) is 15.1. The SMILES string of the molecule is O=C(NCc1cccc(F)c1)c1cc([N+](=O)[O-])ccc1Br. The Morgan fingerprint density at radius 2 is 2.05 bits per heavy atom. The molecule has 0 aromatic heterocycles. The van der Waals surface area contributed by atoms with Gasteiger partial charge in [-0.3, -0.25) is 14.9 Å². The van der Waals surface area contributed by atoms with Gasteiger partial charge in [0.1, 0.15) is 5.82 Å². The summed E-state index contributed by atoms with van der Waals surface area (Å²) in [6.45, 7) is 0.131. The summed E-state index contributed by atoms with van der Waals surface area (Å²) in [6.07, 6.45) is 0. The second-order valence-corrected chi connectivity index (χ2v) is 5.09. The Hall–Kier alpha value is -2.28. The molecule has 0 heterocycles. The maximum atomic E-state index is 13.0. The van der Waals surface area contributed by atoms with Crippen LogP contribution in [0.1, 0.15) is 15.9 Å². The van der Waals surface area contributed by atoms with Crippen molar-refractivity contribution in [2.75, 3.05) is 0 Å². The fraction of sp³-hybridized carbons (Fsp3) is 0.0714. The van der Waals surface area contributed by atoms with Crippen molar-refractivity contribution in [1.29, 1.82) is 0 Å². The van der Waals surface area contributed by atoms with Crippen LogP contribution in [0.25, 0.3) is 0 Å². The molecule has 0 unspecified atom stereocenters. The first-order valence-corrected chi connectivity index (χ1v) is 6.73. The first-order valence-electron chi connectivity index (χ1n) is 5.94. The minimum Gasteiger partial charge on any atom is -0.348 e. The van der Waals surface area contributed by atoms with Crippen molar-refractivity contribution in [3.63, 3.8) is 0 Å². The van der Waals surface area contributed by atoms with E-state index in [4.69, 9.17) is 0 Å². The van der Waals surface area contributed by atoms with Crippen molar-refractivity contribution in [2.45, 2.75) is 6.54 Å². The maximum absolute atomic E-state index is 13.0. The summed E-state index contributed by atoms with van der Waals surface area (Å²) in [4.78, 5) is 22.2. The van der Waals surface area contributed by atoms with Gasteiger partial charge in [-0.2, -0.15) is 0 Å². The first-order chi connectivity index (χ1) is 9.97. The molecule has 1 amide bonds. The Labute approximate surface area is 128 Å². The number of hydrogen-bond acceptors (Lipinski definition) is 3. The lowest BCUT2D eigenvalue weighted by molar-refractivity contribution is -0.384. The molecule has 1 N–H and O–H groups in total. The number of rotatable bonds is 4. The van der Waals surface area contributed by atoms with Crippen LogP contribution < -0.4 is 5.32 Å². The Kier molecular flexibility index (Phi) is 4.64. The van der Waals surface area contributed by atoms with Crippen LogP contribution >= 0.6 is 15.9 Å². The maximum Gasteiger partial charge on any atom is 0.270 e. The van der Waals surface area contributed by atoms with Crippen molar-refractivity contribution in [2.24, 2.45) is 0 Å². The number of carbonyl (C=O) groups is 1. The van der Waals surface area contributed by atoms with E-state index in [1.54, 1.807) is 12.1 Å². The van der Waals surface area contributed by atoms with Gasteiger partial charge in [-0.25, -0.2) is 4.39 Å². The molecule has 0 aliphatic rings. The summed E-state index contributed by atoms with van der Waals surface area (Å²) < 4.78 is 13.5. The number of benzene rings is 2. The Morgan fingerprint density at radius 3 is 2.71 bits per heavy atom. The zero-order valence-corrected chi connectivity index (χ0v) is 12.3. The number of amides is 1. The summed E-state index contributed by atoms with van der Waals surface area (Å²) in [5.41, 5.74) is 0.583. The molecule has 2 rings (SSSR count). The second kappa shape index (κ2) is 6.45. The molecule has 0 bridgehead atoms. The molecule has 0 aliphatic heterocycles. The van der Waals surface area contributed by atoms with Crippen molar-refractivity contribution in [3.8, 4) is 0 Å². The zero-order valence-electron chi connectivity index (χ0n) is 10.7. The van der Waals surface area contributed by atoms with Gasteiger partial charge in [0.25, 0.3) is 11.6 Å². The third-order valence-electron chi connectivity index (χ3n) is 2.75. The Balaban J connectivity index is 2.13. The van der Waals surface area contributed by atoms with Gasteiger partial charge in [0, 0.05) is 23.2 Å².